The molecule has 2 atom stereocenters. The van der Waals surface area contributed by atoms with Gasteiger partial charge in [-0.3, -0.25) is 13.8 Å². The van der Waals surface area contributed by atoms with Crippen LogP contribution in [0.1, 0.15) is 44.8 Å². The molecule has 0 aliphatic rings. The van der Waals surface area contributed by atoms with Crippen molar-refractivity contribution in [2.24, 2.45) is 0 Å². The highest BCUT2D eigenvalue weighted by molar-refractivity contribution is 7.79. The molecule has 0 aliphatic carbocycles. The van der Waals surface area contributed by atoms with Gasteiger partial charge >= 0.3 is 0 Å². The highest BCUT2D eigenvalue weighted by Crippen LogP contribution is 2.33. The third-order valence-corrected chi connectivity index (χ3v) is 6.65. The lowest BCUT2D eigenvalue weighted by Crippen LogP contribution is -2.29. The molecule has 3 aromatic rings. The molecule has 9 heteroatoms. The number of ketones is 1. The van der Waals surface area contributed by atoms with Crippen molar-refractivity contribution in [2.45, 2.75) is 19.2 Å². The molecular formula is C23H23N2O5S2-. The molecule has 0 fully saturated rings. The topological polar surface area (TPSA) is 98.8 Å². The molecule has 2 aromatic carbocycles. The van der Waals surface area contributed by atoms with Gasteiger partial charge in [0.2, 0.25) is 0 Å². The Balaban J connectivity index is 1.87. The molecule has 7 nitrogen and oxygen atoms in total. The van der Waals surface area contributed by atoms with Crippen molar-refractivity contribution in [3.05, 3.63) is 76.0 Å². The highest BCUT2D eigenvalue weighted by atomic mass is 32.2. The Kier molecular flexibility index (Phi) is 7.79. The van der Waals surface area contributed by atoms with Gasteiger partial charge in [0.15, 0.2) is 5.78 Å². The van der Waals surface area contributed by atoms with Gasteiger partial charge in [-0.25, -0.2) is 0 Å². The Morgan fingerprint density at radius 1 is 1.19 bits per heavy atom. The standard InChI is InChI=1S/C23H24N2O5S2/c1-4-30-19-10-8-18(9-11-19)25(3)23(32(28)29)20-12-13-31-21(20)22(27)24-17-7-5-6-16(14-17)15(2)26/h5-14,23H,4H2,1-3H3,(H,24,27)(H,28,29)/p-1. The van der Waals surface area contributed by atoms with Crippen LogP contribution in [0.5, 0.6) is 5.75 Å². The van der Waals surface area contributed by atoms with E-state index in [1.165, 1.54) is 6.92 Å². The number of rotatable bonds is 9. The zero-order chi connectivity index (χ0) is 23.3. The maximum atomic E-state index is 13.0. The van der Waals surface area contributed by atoms with E-state index in [-0.39, 0.29) is 10.7 Å². The molecule has 3 rings (SSSR count). The molecule has 0 spiro atoms. The molecule has 0 saturated carbocycles. The van der Waals surface area contributed by atoms with Gasteiger partial charge in [-0.05, 0) is 72.8 Å². The van der Waals surface area contributed by atoms with Gasteiger partial charge in [-0.1, -0.05) is 12.1 Å². The molecule has 1 aromatic heterocycles. The summed E-state index contributed by atoms with van der Waals surface area (Å²) in [6, 6.07) is 15.3. The Hall–Kier alpha value is -3.01. The molecule has 32 heavy (non-hydrogen) atoms. The lowest BCUT2D eigenvalue weighted by molar-refractivity contribution is 0.101. The number of nitrogens with zero attached hydrogens (tertiary/aromatic N) is 1. The first-order valence-electron chi connectivity index (χ1n) is 9.85. The minimum atomic E-state index is -2.53. The number of hydrogen-bond donors (Lipinski definition) is 1. The molecular weight excluding hydrogens is 448 g/mol. The quantitative estimate of drug-likeness (QED) is 0.361. The summed E-state index contributed by atoms with van der Waals surface area (Å²) < 4.78 is 29.8. The minimum absolute atomic E-state index is 0.114. The summed E-state index contributed by atoms with van der Waals surface area (Å²) in [5, 5.41) is 3.37. The largest absolute Gasteiger partial charge is 0.770 e. The van der Waals surface area contributed by atoms with Crippen LogP contribution in [0.4, 0.5) is 11.4 Å². The third kappa shape index (κ3) is 5.42. The fourth-order valence-corrected chi connectivity index (χ4v) is 4.91. The van der Waals surface area contributed by atoms with E-state index in [0.29, 0.717) is 34.9 Å². The summed E-state index contributed by atoms with van der Waals surface area (Å²) in [6.07, 6.45) is 0. The monoisotopic (exact) mass is 471 g/mol. The SMILES string of the molecule is CCOc1ccc(N(C)C(c2ccsc2C(=O)Nc2cccc(C(C)=O)c2)S(=O)[O-])cc1. The highest BCUT2D eigenvalue weighted by Gasteiger charge is 2.26. The maximum absolute atomic E-state index is 13.0. The van der Waals surface area contributed by atoms with Gasteiger partial charge < -0.3 is 19.5 Å². The number of carbonyl (C=O) groups excluding carboxylic acids is 2. The van der Waals surface area contributed by atoms with E-state index < -0.39 is 22.4 Å². The van der Waals surface area contributed by atoms with Crippen molar-refractivity contribution in [3.8, 4) is 5.75 Å². The van der Waals surface area contributed by atoms with Crippen molar-refractivity contribution in [2.75, 3.05) is 23.9 Å². The van der Waals surface area contributed by atoms with Gasteiger partial charge in [0.25, 0.3) is 5.91 Å². The van der Waals surface area contributed by atoms with Crippen LogP contribution in [0.25, 0.3) is 0 Å². The molecule has 0 bridgehead atoms. The second kappa shape index (κ2) is 10.5. The van der Waals surface area contributed by atoms with E-state index in [2.05, 4.69) is 5.32 Å². The number of anilines is 2. The molecule has 2 unspecified atom stereocenters. The van der Waals surface area contributed by atoms with E-state index in [1.54, 1.807) is 71.9 Å². The number of nitrogens with one attached hydrogen (secondary N) is 1. The number of carbonyl (C=O) groups is 2. The Bertz CT molecular complexity index is 1130. The molecule has 0 saturated heterocycles. The Morgan fingerprint density at radius 2 is 1.91 bits per heavy atom. The molecule has 168 valence electrons. The number of Topliss-reactive ketones (excluding diaryl/α,β-unsaturated/α-hetero) is 1. The van der Waals surface area contributed by atoms with Crippen LogP contribution in [0, 0.1) is 0 Å². The lowest BCUT2D eigenvalue weighted by atomic mass is 10.1. The zero-order valence-corrected chi connectivity index (χ0v) is 19.5. The van der Waals surface area contributed by atoms with Gasteiger partial charge in [-0.15, -0.1) is 11.3 Å². The van der Waals surface area contributed by atoms with Gasteiger partial charge in [0.05, 0.1) is 11.5 Å². The minimum Gasteiger partial charge on any atom is -0.770 e. The first-order valence-corrected chi connectivity index (χ1v) is 11.9. The second-order valence-corrected chi connectivity index (χ2v) is 8.83. The first kappa shape index (κ1) is 23.6. The number of ether oxygens (including phenoxy) is 1. The summed E-state index contributed by atoms with van der Waals surface area (Å²) >= 11 is -1.37. The summed E-state index contributed by atoms with van der Waals surface area (Å²) in [5.41, 5.74) is 1.97. The van der Waals surface area contributed by atoms with Gasteiger partial charge in [-0.2, -0.15) is 0 Å². The van der Waals surface area contributed by atoms with Crippen LogP contribution in [0.3, 0.4) is 0 Å². The van der Waals surface area contributed by atoms with E-state index in [9.17, 15) is 18.4 Å². The van der Waals surface area contributed by atoms with Crippen molar-refractivity contribution in [1.29, 1.82) is 0 Å². The fourth-order valence-electron chi connectivity index (χ4n) is 3.22. The molecule has 1 N–H and O–H groups in total. The zero-order valence-electron chi connectivity index (χ0n) is 17.9. The van der Waals surface area contributed by atoms with Crippen molar-refractivity contribution >= 4 is 45.5 Å². The van der Waals surface area contributed by atoms with Gasteiger partial charge in [0, 0.05) is 29.5 Å². The van der Waals surface area contributed by atoms with Crippen LogP contribution >= 0.6 is 11.3 Å². The fraction of sp³-hybridized carbons (Fsp3) is 0.217. The molecule has 0 aliphatic heterocycles. The number of thiophene rings is 1. The second-order valence-electron chi connectivity index (χ2n) is 6.95. The summed E-state index contributed by atoms with van der Waals surface area (Å²) in [4.78, 5) is 26.4. The van der Waals surface area contributed by atoms with E-state index in [1.807, 2.05) is 6.92 Å². The molecule has 0 radical (unpaired) electrons. The number of benzene rings is 2. The molecule has 1 amide bonds. The summed E-state index contributed by atoms with van der Waals surface area (Å²) in [6.45, 7) is 3.87. The predicted octanol–water partition coefficient (Wildman–Crippen LogP) is 4.62. The maximum Gasteiger partial charge on any atom is 0.266 e. The van der Waals surface area contributed by atoms with Crippen molar-refractivity contribution in [3.63, 3.8) is 0 Å². The molecule has 1 heterocycles. The summed E-state index contributed by atoms with van der Waals surface area (Å²) in [5.74, 6) is 0.135. The van der Waals surface area contributed by atoms with Crippen molar-refractivity contribution in [1.82, 2.24) is 0 Å². The Morgan fingerprint density at radius 3 is 2.53 bits per heavy atom. The first-order chi connectivity index (χ1) is 15.3. The van der Waals surface area contributed by atoms with E-state index >= 15 is 0 Å². The van der Waals surface area contributed by atoms with Crippen LogP contribution in [-0.2, 0) is 11.1 Å². The number of amides is 1. The normalized spacial score (nSPS) is 12.6. The average Bonchev–Trinajstić information content (AvgIpc) is 3.24. The summed E-state index contributed by atoms with van der Waals surface area (Å²) in [7, 11) is 1.66. The average molecular weight is 472 g/mol. The third-order valence-electron chi connectivity index (χ3n) is 4.78. The van der Waals surface area contributed by atoms with Gasteiger partial charge in [0.1, 0.15) is 11.1 Å². The van der Waals surface area contributed by atoms with Crippen molar-refractivity contribution < 1.29 is 23.1 Å². The Labute approximate surface area is 193 Å². The van der Waals surface area contributed by atoms with Crippen LogP contribution < -0.4 is 15.0 Å². The van der Waals surface area contributed by atoms with E-state index in [4.69, 9.17) is 4.74 Å². The van der Waals surface area contributed by atoms with Crippen LogP contribution in [0.2, 0.25) is 0 Å². The predicted molar refractivity (Wildman–Crippen MR) is 126 cm³/mol. The van der Waals surface area contributed by atoms with E-state index in [0.717, 1.165) is 11.3 Å². The van der Waals surface area contributed by atoms with Crippen LogP contribution in [0.15, 0.2) is 60.0 Å². The van der Waals surface area contributed by atoms with Crippen LogP contribution in [-0.4, -0.2) is 34.1 Å². The lowest BCUT2D eigenvalue weighted by Gasteiger charge is -2.32. The smallest absolute Gasteiger partial charge is 0.266 e. The number of hydrogen-bond acceptors (Lipinski definition) is 7.